The molecule has 0 N–H and O–H groups in total. The van der Waals surface area contributed by atoms with Crippen LogP contribution in [0.3, 0.4) is 0 Å². The van der Waals surface area contributed by atoms with Gasteiger partial charge in [0.25, 0.3) is 0 Å². The summed E-state index contributed by atoms with van der Waals surface area (Å²) in [5, 5.41) is 15.4. The number of benzene rings is 1. The lowest BCUT2D eigenvalue weighted by Crippen LogP contribution is -1.97. The lowest BCUT2D eigenvalue weighted by Gasteiger charge is -2.02. The molecule has 0 bridgehead atoms. The minimum absolute atomic E-state index is 0.0547. The van der Waals surface area contributed by atoms with Gasteiger partial charge in [-0.2, -0.15) is 5.10 Å². The van der Waals surface area contributed by atoms with Gasteiger partial charge in [0.05, 0.1) is 10.6 Å². The van der Waals surface area contributed by atoms with Crippen LogP contribution in [-0.2, 0) is 6.42 Å². The molecular weight excluding hydrogens is 266 g/mol. The summed E-state index contributed by atoms with van der Waals surface area (Å²) in [6.45, 7) is 3.89. The Morgan fingerprint density at radius 2 is 2.21 bits per heavy atom. The van der Waals surface area contributed by atoms with Crippen LogP contribution in [0.25, 0.3) is 5.69 Å². The van der Waals surface area contributed by atoms with Crippen LogP contribution in [0.2, 0.25) is 5.15 Å². The number of nitro groups is 1. The van der Waals surface area contributed by atoms with Crippen molar-refractivity contribution in [2.45, 2.75) is 26.7 Å². The van der Waals surface area contributed by atoms with Gasteiger partial charge in [-0.25, -0.2) is 4.68 Å². The highest BCUT2D eigenvalue weighted by atomic mass is 35.5. The van der Waals surface area contributed by atoms with Crippen molar-refractivity contribution in [1.29, 1.82) is 0 Å². The van der Waals surface area contributed by atoms with E-state index in [9.17, 15) is 10.1 Å². The Morgan fingerprint density at radius 1 is 1.47 bits per heavy atom. The summed E-state index contributed by atoms with van der Waals surface area (Å²) in [6.07, 6.45) is 1.32. The molecule has 1 heterocycles. The first-order valence-electron chi connectivity index (χ1n) is 6.03. The maximum Gasteiger partial charge on any atom is 0.329 e. The molecule has 6 heteroatoms. The van der Waals surface area contributed by atoms with Gasteiger partial charge in [0.2, 0.25) is 5.15 Å². The van der Waals surface area contributed by atoms with Gasteiger partial charge in [0.1, 0.15) is 5.69 Å². The normalized spacial score (nSPS) is 10.7. The Labute approximate surface area is 116 Å². The van der Waals surface area contributed by atoms with Crippen molar-refractivity contribution in [2.75, 3.05) is 0 Å². The van der Waals surface area contributed by atoms with E-state index in [0.29, 0.717) is 12.1 Å². The summed E-state index contributed by atoms with van der Waals surface area (Å²) in [7, 11) is 0. The van der Waals surface area contributed by atoms with Crippen LogP contribution < -0.4 is 0 Å². The van der Waals surface area contributed by atoms with Gasteiger partial charge in [0.15, 0.2) is 0 Å². The van der Waals surface area contributed by atoms with Gasteiger partial charge >= 0.3 is 5.69 Å². The predicted molar refractivity (Wildman–Crippen MR) is 74.0 cm³/mol. The van der Waals surface area contributed by atoms with Crippen molar-refractivity contribution < 1.29 is 4.92 Å². The molecule has 0 aliphatic heterocycles. The fourth-order valence-electron chi connectivity index (χ4n) is 1.95. The molecule has 0 atom stereocenters. The molecule has 0 saturated heterocycles. The minimum atomic E-state index is -0.466. The zero-order chi connectivity index (χ0) is 14.0. The highest BCUT2D eigenvalue weighted by Crippen LogP contribution is 2.31. The molecule has 19 heavy (non-hydrogen) atoms. The Bertz CT molecular complexity index is 622. The molecular formula is C13H14ClN3O2. The molecule has 100 valence electrons. The molecule has 1 aromatic heterocycles. The van der Waals surface area contributed by atoms with E-state index in [2.05, 4.69) is 5.10 Å². The fraction of sp³-hybridized carbons (Fsp3) is 0.308. The molecule has 0 aliphatic carbocycles. The lowest BCUT2D eigenvalue weighted by molar-refractivity contribution is -0.385. The van der Waals surface area contributed by atoms with E-state index in [1.54, 1.807) is 0 Å². The molecule has 0 saturated carbocycles. The molecule has 0 amide bonds. The van der Waals surface area contributed by atoms with Crippen molar-refractivity contribution in [3.05, 3.63) is 50.8 Å². The Balaban J connectivity index is 2.59. The summed E-state index contributed by atoms with van der Waals surface area (Å²) in [4.78, 5) is 10.6. The highest BCUT2D eigenvalue weighted by Gasteiger charge is 2.26. The van der Waals surface area contributed by atoms with Crippen molar-refractivity contribution in [3.63, 3.8) is 0 Å². The maximum atomic E-state index is 11.1. The fourth-order valence-corrected chi connectivity index (χ4v) is 2.26. The molecule has 0 spiro atoms. The quantitative estimate of drug-likeness (QED) is 0.633. The number of nitrogens with zero attached hydrogens (tertiary/aromatic N) is 3. The van der Waals surface area contributed by atoms with Gasteiger partial charge in [-0.1, -0.05) is 37.1 Å². The summed E-state index contributed by atoms with van der Waals surface area (Å²) in [6, 6.07) is 7.53. The van der Waals surface area contributed by atoms with Gasteiger partial charge in [0, 0.05) is 0 Å². The van der Waals surface area contributed by atoms with Crippen LogP contribution in [0.4, 0.5) is 5.69 Å². The number of aromatic nitrogens is 2. The van der Waals surface area contributed by atoms with E-state index in [4.69, 9.17) is 11.6 Å². The molecule has 0 aliphatic rings. The molecule has 2 rings (SSSR count). The molecule has 1 aromatic carbocycles. The van der Waals surface area contributed by atoms with Gasteiger partial charge in [-0.3, -0.25) is 10.1 Å². The predicted octanol–water partition coefficient (Wildman–Crippen LogP) is 3.69. The van der Waals surface area contributed by atoms with E-state index in [1.807, 2.05) is 38.1 Å². The Kier molecular flexibility index (Phi) is 3.85. The van der Waals surface area contributed by atoms with Crippen molar-refractivity contribution in [1.82, 2.24) is 9.78 Å². The Hall–Kier alpha value is -1.88. The third-order valence-electron chi connectivity index (χ3n) is 2.79. The highest BCUT2D eigenvalue weighted by molar-refractivity contribution is 6.32. The number of hydrogen-bond acceptors (Lipinski definition) is 3. The first-order valence-corrected chi connectivity index (χ1v) is 6.41. The SMILES string of the molecule is CCCc1nn(-c2cccc(C)c2)c(Cl)c1[N+](=O)[O-]. The third kappa shape index (κ3) is 2.61. The van der Waals surface area contributed by atoms with E-state index >= 15 is 0 Å². The number of aryl methyl sites for hydroxylation is 2. The van der Waals surface area contributed by atoms with Crippen LogP contribution in [0.1, 0.15) is 24.6 Å². The summed E-state index contributed by atoms with van der Waals surface area (Å²) in [5.41, 5.74) is 2.11. The second-order valence-electron chi connectivity index (χ2n) is 4.34. The van der Waals surface area contributed by atoms with Crippen LogP contribution in [0, 0.1) is 17.0 Å². The van der Waals surface area contributed by atoms with Crippen LogP contribution >= 0.6 is 11.6 Å². The maximum absolute atomic E-state index is 11.1. The standard InChI is InChI=1S/C13H14ClN3O2/c1-3-5-11-12(17(18)19)13(14)16(15-11)10-7-4-6-9(2)8-10/h4,6-8H,3,5H2,1-2H3. The van der Waals surface area contributed by atoms with Crippen LogP contribution in [-0.4, -0.2) is 14.7 Å². The second kappa shape index (κ2) is 5.40. The molecule has 0 fully saturated rings. The average molecular weight is 280 g/mol. The zero-order valence-electron chi connectivity index (χ0n) is 10.8. The van der Waals surface area contributed by atoms with Gasteiger partial charge in [-0.05, 0) is 31.0 Å². The Morgan fingerprint density at radius 3 is 2.79 bits per heavy atom. The van der Waals surface area contributed by atoms with Crippen molar-refractivity contribution in [2.24, 2.45) is 0 Å². The van der Waals surface area contributed by atoms with E-state index in [-0.39, 0.29) is 10.8 Å². The third-order valence-corrected chi connectivity index (χ3v) is 3.13. The van der Waals surface area contributed by atoms with Gasteiger partial charge < -0.3 is 0 Å². The van der Waals surface area contributed by atoms with E-state index < -0.39 is 4.92 Å². The molecule has 0 unspecified atom stereocenters. The minimum Gasteiger partial charge on any atom is -0.258 e. The smallest absolute Gasteiger partial charge is 0.258 e. The number of rotatable bonds is 4. The first kappa shape index (κ1) is 13.5. The number of halogens is 1. The van der Waals surface area contributed by atoms with Crippen LogP contribution in [0.15, 0.2) is 24.3 Å². The van der Waals surface area contributed by atoms with E-state index in [0.717, 1.165) is 17.7 Å². The molecule has 0 radical (unpaired) electrons. The second-order valence-corrected chi connectivity index (χ2v) is 4.70. The van der Waals surface area contributed by atoms with Crippen LogP contribution in [0.5, 0.6) is 0 Å². The average Bonchev–Trinajstić information content (AvgIpc) is 2.67. The van der Waals surface area contributed by atoms with Gasteiger partial charge in [-0.15, -0.1) is 0 Å². The summed E-state index contributed by atoms with van der Waals surface area (Å²) < 4.78 is 1.43. The zero-order valence-corrected chi connectivity index (χ0v) is 11.5. The van der Waals surface area contributed by atoms with Crippen molar-refractivity contribution in [3.8, 4) is 5.69 Å². The van der Waals surface area contributed by atoms with Crippen molar-refractivity contribution >= 4 is 17.3 Å². The lowest BCUT2D eigenvalue weighted by atomic mass is 10.2. The topological polar surface area (TPSA) is 61.0 Å². The summed E-state index contributed by atoms with van der Waals surface area (Å²) in [5.74, 6) is 0. The first-order chi connectivity index (χ1) is 9.04. The molecule has 5 nitrogen and oxygen atoms in total. The van der Waals surface area contributed by atoms with E-state index in [1.165, 1.54) is 4.68 Å². The summed E-state index contributed by atoms with van der Waals surface area (Å²) >= 11 is 6.11. The molecule has 2 aromatic rings. The number of hydrogen-bond donors (Lipinski definition) is 0. The monoisotopic (exact) mass is 279 g/mol. The largest absolute Gasteiger partial charge is 0.329 e.